The number of fused-ring (bicyclic) bond motifs is 3. The highest BCUT2D eigenvalue weighted by Gasteiger charge is 2.32. The highest BCUT2D eigenvalue weighted by atomic mass is 19.3. The number of aliphatic hydroxyl groups is 1. The van der Waals surface area contributed by atoms with E-state index in [1.54, 1.807) is 9.80 Å². The first-order valence-electron chi connectivity index (χ1n) is 15.8. The zero-order chi connectivity index (χ0) is 35.4. The summed E-state index contributed by atoms with van der Waals surface area (Å²) in [6.07, 6.45) is -0.574. The van der Waals surface area contributed by atoms with Crippen molar-refractivity contribution < 1.29 is 36.9 Å². The van der Waals surface area contributed by atoms with Crippen molar-refractivity contribution in [2.24, 2.45) is 5.92 Å². The average molecular weight is 687 g/mol. The molecule has 1 fully saturated rings. The molecule has 0 aliphatic carbocycles. The van der Waals surface area contributed by atoms with Crippen LogP contribution in [-0.2, 0) is 9.53 Å². The third kappa shape index (κ3) is 7.78. The number of hydrogen-bond acceptors (Lipinski definition) is 9. The second kappa shape index (κ2) is 15.2. The van der Waals surface area contributed by atoms with Gasteiger partial charge in [-0.25, -0.2) is 27.3 Å². The highest BCUT2D eigenvalue weighted by molar-refractivity contribution is 5.91. The van der Waals surface area contributed by atoms with E-state index >= 15 is 8.78 Å². The fraction of sp³-hybridized carbons (Fsp3) is 0.412. The van der Waals surface area contributed by atoms with Crippen molar-refractivity contribution in [2.75, 3.05) is 44.3 Å². The second-order valence-electron chi connectivity index (χ2n) is 12.2. The topological polar surface area (TPSA) is 122 Å². The van der Waals surface area contributed by atoms with Gasteiger partial charge in [-0.1, -0.05) is 26.5 Å². The number of benzene rings is 1. The standard InChI is InChI=1S/C34H38F4N6O5/c1-5-28(46)42-11-12-43(20(4)15-42)33-22-13-24(36)30-29-23(35)7-6-8-26(29)48-17-25(45)31(49-18-27(37)38)21(9-10-39-14-19(2)3)16-44(32(22)40-30)34(47)41-33/h5-10,13,16,19-20,25,27,31,39,45H,1,11-12,14-15,17-18H2,2-4H3/b10-9-,21-16?/t20-,25?,31?/m0/s1. The maximum Gasteiger partial charge on any atom is 0.355 e. The van der Waals surface area contributed by atoms with Crippen LogP contribution in [0, 0.1) is 17.6 Å². The van der Waals surface area contributed by atoms with Gasteiger partial charge in [0.05, 0.1) is 10.9 Å². The number of amides is 1. The maximum atomic E-state index is 16.1. The Morgan fingerprint density at radius 1 is 1.22 bits per heavy atom. The average Bonchev–Trinajstić information content (AvgIpc) is 3.05. The molecule has 2 aromatic heterocycles. The molecular formula is C34H38F4N6O5. The van der Waals surface area contributed by atoms with Crippen molar-refractivity contribution in [3.63, 3.8) is 0 Å². The van der Waals surface area contributed by atoms with E-state index in [-0.39, 0.29) is 71.2 Å². The Morgan fingerprint density at radius 3 is 2.69 bits per heavy atom. The van der Waals surface area contributed by atoms with E-state index in [1.165, 1.54) is 36.7 Å². The van der Waals surface area contributed by atoms with Gasteiger partial charge in [0.2, 0.25) is 5.91 Å². The minimum atomic E-state index is -2.89. The van der Waals surface area contributed by atoms with Gasteiger partial charge in [0.1, 0.15) is 48.5 Å². The molecule has 1 amide bonds. The van der Waals surface area contributed by atoms with Crippen molar-refractivity contribution in [3.05, 3.63) is 76.9 Å². The van der Waals surface area contributed by atoms with Crippen LogP contribution in [-0.4, -0.2) is 94.5 Å². The van der Waals surface area contributed by atoms with Crippen molar-refractivity contribution >= 4 is 29.0 Å². The van der Waals surface area contributed by atoms with Gasteiger partial charge >= 0.3 is 5.69 Å². The molecule has 2 bridgehead atoms. The summed E-state index contributed by atoms with van der Waals surface area (Å²) in [6.45, 7) is 8.99. The van der Waals surface area contributed by atoms with Crippen LogP contribution in [0.3, 0.4) is 0 Å². The van der Waals surface area contributed by atoms with Crippen LogP contribution < -0.4 is 20.6 Å². The van der Waals surface area contributed by atoms with E-state index in [9.17, 15) is 23.5 Å². The molecule has 1 aromatic carbocycles. The largest absolute Gasteiger partial charge is 0.490 e. The van der Waals surface area contributed by atoms with Gasteiger partial charge in [0.25, 0.3) is 6.43 Å². The van der Waals surface area contributed by atoms with Gasteiger partial charge in [0.15, 0.2) is 11.5 Å². The number of pyridine rings is 1. The molecule has 262 valence electrons. The molecule has 0 saturated carbocycles. The molecule has 0 radical (unpaired) electrons. The molecule has 2 aliphatic rings. The first kappa shape index (κ1) is 35.5. The minimum absolute atomic E-state index is 0.0589. The van der Waals surface area contributed by atoms with Gasteiger partial charge in [-0.15, -0.1) is 0 Å². The van der Waals surface area contributed by atoms with Gasteiger partial charge < -0.3 is 29.7 Å². The second-order valence-corrected chi connectivity index (χ2v) is 12.2. The number of rotatable bonds is 9. The number of aromatic nitrogens is 3. The van der Waals surface area contributed by atoms with Crippen molar-refractivity contribution in [1.82, 2.24) is 24.8 Å². The Labute approximate surface area is 280 Å². The number of ether oxygens (including phenoxy) is 2. The number of piperazine rings is 1. The predicted octanol–water partition coefficient (Wildman–Crippen LogP) is 3.96. The molecule has 3 aromatic rings. The summed E-state index contributed by atoms with van der Waals surface area (Å²) in [5.41, 5.74) is -1.80. The summed E-state index contributed by atoms with van der Waals surface area (Å²) in [6, 6.07) is 4.47. The van der Waals surface area contributed by atoms with Gasteiger partial charge in [-0.3, -0.25) is 9.36 Å². The first-order chi connectivity index (χ1) is 23.4. The summed E-state index contributed by atoms with van der Waals surface area (Å²) in [5, 5.41) is 14.4. The fourth-order valence-corrected chi connectivity index (χ4v) is 5.78. The summed E-state index contributed by atoms with van der Waals surface area (Å²) < 4.78 is 70.6. The predicted molar refractivity (Wildman–Crippen MR) is 176 cm³/mol. The van der Waals surface area contributed by atoms with Crippen molar-refractivity contribution in [2.45, 2.75) is 45.4 Å². The maximum absolute atomic E-state index is 16.1. The lowest BCUT2D eigenvalue weighted by Crippen LogP contribution is -2.54. The Kier molecular flexibility index (Phi) is 11.0. The van der Waals surface area contributed by atoms with Gasteiger partial charge in [-0.2, -0.15) is 4.98 Å². The lowest BCUT2D eigenvalue weighted by molar-refractivity contribution is -0.126. The smallest absolute Gasteiger partial charge is 0.355 e. The molecule has 3 atom stereocenters. The molecule has 15 heteroatoms. The fourth-order valence-electron chi connectivity index (χ4n) is 5.78. The van der Waals surface area contributed by atoms with Crippen LogP contribution >= 0.6 is 0 Å². The first-order valence-corrected chi connectivity index (χ1v) is 15.8. The third-order valence-electron chi connectivity index (χ3n) is 8.12. The number of aliphatic hydroxyl groups excluding tert-OH is 1. The third-order valence-corrected chi connectivity index (χ3v) is 8.12. The van der Waals surface area contributed by atoms with E-state index in [0.29, 0.717) is 6.54 Å². The van der Waals surface area contributed by atoms with E-state index in [4.69, 9.17) is 9.47 Å². The quantitative estimate of drug-likeness (QED) is 0.255. The number of carbonyl (C=O) groups is 1. The number of halogens is 4. The summed E-state index contributed by atoms with van der Waals surface area (Å²) in [4.78, 5) is 38.3. The number of nitrogens with zero attached hydrogens (tertiary/aromatic N) is 5. The number of nitrogens with one attached hydrogen (secondary N) is 1. The summed E-state index contributed by atoms with van der Waals surface area (Å²) >= 11 is 0. The summed E-state index contributed by atoms with van der Waals surface area (Å²) in [7, 11) is 0. The monoisotopic (exact) mass is 686 g/mol. The SMILES string of the molecule is C=CC(=O)N1CCN(c2nc(=O)n3c4nc(c(F)cc24)-c2c(F)cccc2OCC(O)C(OCC(F)F)C(/C=C\NCC(C)C)=C3)[C@@H](C)C1. The number of anilines is 1. The zero-order valence-corrected chi connectivity index (χ0v) is 27.3. The van der Waals surface area contributed by atoms with Crippen molar-refractivity contribution in [1.29, 1.82) is 0 Å². The number of alkyl halides is 2. The molecule has 2 aliphatic heterocycles. The number of carbonyl (C=O) groups excluding carboxylic acids is 1. The van der Waals surface area contributed by atoms with E-state index in [0.717, 1.165) is 16.7 Å². The normalized spacial score (nSPS) is 19.9. The lowest BCUT2D eigenvalue weighted by atomic mass is 10.0. The van der Waals surface area contributed by atoms with Gasteiger partial charge in [0, 0.05) is 44.0 Å². The molecule has 2 unspecified atom stereocenters. The minimum Gasteiger partial charge on any atom is -0.490 e. The van der Waals surface area contributed by atoms with Gasteiger partial charge in [-0.05, 0) is 49.4 Å². The molecule has 11 nitrogen and oxygen atoms in total. The van der Waals surface area contributed by atoms with Crippen LogP contribution in [0.4, 0.5) is 23.4 Å². The molecule has 5 rings (SSSR count). The Hall–Kier alpha value is -4.76. The van der Waals surface area contributed by atoms with E-state index in [1.807, 2.05) is 20.8 Å². The van der Waals surface area contributed by atoms with Crippen LogP contribution in [0.25, 0.3) is 28.5 Å². The number of hydrogen-bond donors (Lipinski definition) is 2. The molecular weight excluding hydrogens is 648 g/mol. The van der Waals surface area contributed by atoms with E-state index in [2.05, 4.69) is 21.9 Å². The molecule has 49 heavy (non-hydrogen) atoms. The van der Waals surface area contributed by atoms with Crippen LogP contribution in [0.15, 0.2) is 59.6 Å². The van der Waals surface area contributed by atoms with Crippen LogP contribution in [0.1, 0.15) is 20.8 Å². The summed E-state index contributed by atoms with van der Waals surface area (Å²) in [5.74, 6) is -1.95. The molecule has 2 N–H and O–H groups in total. The Morgan fingerprint density at radius 2 is 2.00 bits per heavy atom. The van der Waals surface area contributed by atoms with E-state index < -0.39 is 54.9 Å². The van der Waals surface area contributed by atoms with Crippen LogP contribution in [0.5, 0.6) is 5.75 Å². The Bertz CT molecular complexity index is 1830. The van der Waals surface area contributed by atoms with Crippen molar-refractivity contribution in [3.8, 4) is 17.0 Å². The van der Waals surface area contributed by atoms with Crippen LogP contribution in [0.2, 0.25) is 0 Å². The zero-order valence-electron chi connectivity index (χ0n) is 27.3. The molecule has 1 saturated heterocycles. The lowest BCUT2D eigenvalue weighted by Gasteiger charge is -2.40. The highest BCUT2D eigenvalue weighted by Crippen LogP contribution is 2.37. The molecule has 0 spiro atoms. The molecule has 4 heterocycles. The Balaban J connectivity index is 1.78.